The molecule has 0 aromatic heterocycles. The average Bonchev–Trinajstić information content (AvgIpc) is 3.32. The van der Waals surface area contributed by atoms with E-state index in [-0.39, 0.29) is 6.61 Å². The molecule has 7 nitrogen and oxygen atoms in total. The van der Waals surface area contributed by atoms with Crippen LogP contribution in [0.3, 0.4) is 0 Å². The number of rotatable bonds is 10. The quantitative estimate of drug-likeness (QED) is 0.572. The van der Waals surface area contributed by atoms with Gasteiger partial charge in [-0.2, -0.15) is 0 Å². The van der Waals surface area contributed by atoms with Crippen LogP contribution < -0.4 is 19.7 Å². The minimum atomic E-state index is -0.595. The Bertz CT molecular complexity index is 876. The third-order valence-electron chi connectivity index (χ3n) is 4.90. The van der Waals surface area contributed by atoms with E-state index in [1.807, 2.05) is 38.1 Å². The van der Waals surface area contributed by atoms with E-state index >= 15 is 0 Å². The molecular formula is C24H30N2O5. The van der Waals surface area contributed by atoms with E-state index in [0.717, 1.165) is 25.2 Å². The molecule has 1 saturated heterocycles. The number of benzene rings is 2. The fourth-order valence-electron chi connectivity index (χ4n) is 3.38. The summed E-state index contributed by atoms with van der Waals surface area (Å²) < 4.78 is 16.4. The number of amides is 1. The number of hydrogen-bond acceptors (Lipinski definition) is 6. The average molecular weight is 427 g/mol. The van der Waals surface area contributed by atoms with Crippen LogP contribution in [0.15, 0.2) is 42.5 Å². The maximum atomic E-state index is 12.4. The Morgan fingerprint density at radius 2 is 1.71 bits per heavy atom. The highest BCUT2D eigenvalue weighted by atomic mass is 16.5. The summed E-state index contributed by atoms with van der Waals surface area (Å²) in [5.74, 6) is 0.0704. The summed E-state index contributed by atoms with van der Waals surface area (Å²) in [4.78, 5) is 26.9. The molecule has 1 heterocycles. The fourth-order valence-corrected chi connectivity index (χ4v) is 3.38. The summed E-state index contributed by atoms with van der Waals surface area (Å²) in [7, 11) is 0. The molecule has 7 heteroatoms. The molecule has 0 radical (unpaired) electrons. The second-order valence-electron chi connectivity index (χ2n) is 7.31. The SMILES string of the molecule is CCCOc1ccc(C(=O)OCC(=O)Nc2ccc(N3CCCC3)cc2)cc1OCC. The Balaban J connectivity index is 1.52. The zero-order valence-corrected chi connectivity index (χ0v) is 18.2. The molecule has 0 unspecified atom stereocenters. The van der Waals surface area contributed by atoms with E-state index in [9.17, 15) is 9.59 Å². The number of nitrogens with one attached hydrogen (secondary N) is 1. The summed E-state index contributed by atoms with van der Waals surface area (Å²) in [6.07, 6.45) is 3.29. The lowest BCUT2D eigenvalue weighted by atomic mass is 10.2. The largest absolute Gasteiger partial charge is 0.490 e. The smallest absolute Gasteiger partial charge is 0.338 e. The van der Waals surface area contributed by atoms with Crippen LogP contribution in [0.1, 0.15) is 43.5 Å². The predicted octanol–water partition coefficient (Wildman–Crippen LogP) is 4.27. The van der Waals surface area contributed by atoms with Gasteiger partial charge in [-0.15, -0.1) is 0 Å². The number of anilines is 2. The Labute approximate surface area is 183 Å². The van der Waals surface area contributed by atoms with Gasteiger partial charge in [-0.3, -0.25) is 4.79 Å². The highest BCUT2D eigenvalue weighted by molar-refractivity contribution is 5.95. The lowest BCUT2D eigenvalue weighted by Crippen LogP contribution is -2.21. The van der Waals surface area contributed by atoms with Crippen molar-refractivity contribution in [1.29, 1.82) is 0 Å². The highest BCUT2D eigenvalue weighted by Gasteiger charge is 2.15. The monoisotopic (exact) mass is 426 g/mol. The molecule has 31 heavy (non-hydrogen) atoms. The first kappa shape index (κ1) is 22.5. The molecule has 0 saturated carbocycles. The highest BCUT2D eigenvalue weighted by Crippen LogP contribution is 2.29. The molecule has 166 valence electrons. The molecule has 1 amide bonds. The van der Waals surface area contributed by atoms with E-state index in [1.54, 1.807) is 18.2 Å². The van der Waals surface area contributed by atoms with Gasteiger partial charge in [0.1, 0.15) is 0 Å². The van der Waals surface area contributed by atoms with Crippen molar-refractivity contribution in [3.05, 3.63) is 48.0 Å². The molecule has 1 fully saturated rings. The van der Waals surface area contributed by atoms with Crippen molar-refractivity contribution in [1.82, 2.24) is 0 Å². The summed E-state index contributed by atoms with van der Waals surface area (Å²) in [5.41, 5.74) is 2.12. The van der Waals surface area contributed by atoms with Crippen molar-refractivity contribution >= 4 is 23.3 Å². The van der Waals surface area contributed by atoms with Crippen LogP contribution in [0.5, 0.6) is 11.5 Å². The van der Waals surface area contributed by atoms with Crippen LogP contribution in [-0.4, -0.2) is 44.8 Å². The van der Waals surface area contributed by atoms with Gasteiger partial charge in [0.25, 0.3) is 5.91 Å². The van der Waals surface area contributed by atoms with E-state index in [2.05, 4.69) is 10.2 Å². The lowest BCUT2D eigenvalue weighted by Gasteiger charge is -2.17. The Kier molecular flexibility index (Phi) is 8.15. The third kappa shape index (κ3) is 6.38. The van der Waals surface area contributed by atoms with Crippen molar-refractivity contribution in [2.45, 2.75) is 33.1 Å². The van der Waals surface area contributed by atoms with Gasteiger partial charge in [0, 0.05) is 24.5 Å². The second-order valence-corrected chi connectivity index (χ2v) is 7.31. The van der Waals surface area contributed by atoms with Crippen molar-refractivity contribution in [2.24, 2.45) is 0 Å². The van der Waals surface area contributed by atoms with Gasteiger partial charge < -0.3 is 24.4 Å². The molecule has 3 rings (SSSR count). The second kappa shape index (κ2) is 11.2. The molecule has 0 aliphatic carbocycles. The van der Waals surface area contributed by atoms with Crippen molar-refractivity contribution < 1.29 is 23.8 Å². The Morgan fingerprint density at radius 3 is 2.39 bits per heavy atom. The van der Waals surface area contributed by atoms with Gasteiger partial charge in [0.05, 0.1) is 18.8 Å². The molecule has 2 aromatic rings. The van der Waals surface area contributed by atoms with Crippen LogP contribution in [0.2, 0.25) is 0 Å². The maximum Gasteiger partial charge on any atom is 0.338 e. The number of carbonyl (C=O) groups excluding carboxylic acids is 2. The molecule has 1 aliphatic rings. The number of esters is 1. The summed E-state index contributed by atoms with van der Waals surface area (Å²) in [6.45, 7) is 6.64. The normalized spacial score (nSPS) is 13.0. The van der Waals surface area contributed by atoms with E-state index in [1.165, 1.54) is 12.8 Å². The van der Waals surface area contributed by atoms with Gasteiger partial charge in [-0.25, -0.2) is 4.79 Å². The number of hydrogen-bond donors (Lipinski definition) is 1. The standard InChI is InChI=1S/C24H30N2O5/c1-3-15-30-21-12-7-18(16-22(21)29-4-2)24(28)31-17-23(27)25-19-8-10-20(11-9-19)26-13-5-6-14-26/h7-12,16H,3-6,13-15,17H2,1-2H3,(H,25,27). The molecular weight excluding hydrogens is 396 g/mol. The van der Waals surface area contributed by atoms with Crippen LogP contribution in [0, 0.1) is 0 Å². The summed E-state index contributed by atoms with van der Waals surface area (Å²) >= 11 is 0. The van der Waals surface area contributed by atoms with Gasteiger partial charge in [-0.05, 0) is 68.7 Å². The minimum Gasteiger partial charge on any atom is -0.490 e. The van der Waals surface area contributed by atoms with Gasteiger partial charge in [-0.1, -0.05) is 6.92 Å². The van der Waals surface area contributed by atoms with Gasteiger partial charge >= 0.3 is 5.97 Å². The van der Waals surface area contributed by atoms with Crippen LogP contribution in [0.25, 0.3) is 0 Å². The van der Waals surface area contributed by atoms with Crippen LogP contribution in [0.4, 0.5) is 11.4 Å². The van der Waals surface area contributed by atoms with Crippen LogP contribution >= 0.6 is 0 Å². The van der Waals surface area contributed by atoms with Crippen molar-refractivity contribution in [3.8, 4) is 11.5 Å². The zero-order valence-electron chi connectivity index (χ0n) is 18.2. The third-order valence-corrected chi connectivity index (χ3v) is 4.90. The Morgan fingerprint density at radius 1 is 0.968 bits per heavy atom. The molecule has 0 spiro atoms. The molecule has 2 aromatic carbocycles. The number of nitrogens with zero attached hydrogens (tertiary/aromatic N) is 1. The first-order valence-corrected chi connectivity index (χ1v) is 10.8. The fraction of sp³-hybridized carbons (Fsp3) is 0.417. The molecule has 1 aliphatic heterocycles. The first-order chi connectivity index (χ1) is 15.1. The lowest BCUT2D eigenvalue weighted by molar-refractivity contribution is -0.119. The van der Waals surface area contributed by atoms with Gasteiger partial charge in [0.2, 0.25) is 0 Å². The van der Waals surface area contributed by atoms with E-state index < -0.39 is 11.9 Å². The zero-order chi connectivity index (χ0) is 22.1. The molecule has 0 atom stereocenters. The topological polar surface area (TPSA) is 77.1 Å². The van der Waals surface area contributed by atoms with E-state index in [0.29, 0.717) is 36.0 Å². The van der Waals surface area contributed by atoms with Crippen molar-refractivity contribution in [3.63, 3.8) is 0 Å². The maximum absolute atomic E-state index is 12.4. The summed E-state index contributed by atoms with van der Waals surface area (Å²) in [5, 5.41) is 2.75. The Hall–Kier alpha value is -3.22. The van der Waals surface area contributed by atoms with E-state index in [4.69, 9.17) is 14.2 Å². The summed E-state index contributed by atoms with van der Waals surface area (Å²) in [6, 6.07) is 12.6. The minimum absolute atomic E-state index is 0.301. The van der Waals surface area contributed by atoms with Gasteiger partial charge in [0.15, 0.2) is 18.1 Å². The molecule has 0 bridgehead atoms. The number of ether oxygens (including phenoxy) is 3. The first-order valence-electron chi connectivity index (χ1n) is 10.8. The predicted molar refractivity (Wildman–Crippen MR) is 120 cm³/mol. The molecule has 1 N–H and O–H groups in total. The van der Waals surface area contributed by atoms with Crippen LogP contribution in [-0.2, 0) is 9.53 Å². The van der Waals surface area contributed by atoms with Crippen molar-refractivity contribution in [2.75, 3.05) is 43.1 Å². The number of carbonyl (C=O) groups is 2.